The zero-order valence-electron chi connectivity index (χ0n) is 14.6. The van der Waals surface area contributed by atoms with Crippen molar-refractivity contribution in [2.45, 2.75) is 44.1 Å². The summed E-state index contributed by atoms with van der Waals surface area (Å²) in [4.78, 5) is 0. The van der Waals surface area contributed by atoms with Crippen molar-refractivity contribution in [3.05, 3.63) is 22.2 Å². The molecule has 1 aliphatic rings. The molecule has 28 heavy (non-hydrogen) atoms. The summed E-state index contributed by atoms with van der Waals surface area (Å²) in [5.74, 6) is -0.191. The molecule has 10 nitrogen and oxygen atoms in total. The van der Waals surface area contributed by atoms with E-state index in [1.807, 2.05) is 0 Å². The number of benzene rings is 1. The van der Waals surface area contributed by atoms with E-state index in [9.17, 15) is 33.4 Å². The molecule has 1 aromatic rings. The van der Waals surface area contributed by atoms with Gasteiger partial charge in [-0.25, -0.2) is 4.31 Å². The van der Waals surface area contributed by atoms with E-state index in [-0.39, 0.29) is 28.0 Å². The van der Waals surface area contributed by atoms with E-state index < -0.39 is 47.6 Å². The minimum absolute atomic E-state index is 0.0134. The zero-order valence-corrected chi connectivity index (χ0v) is 17.0. The van der Waals surface area contributed by atoms with Crippen LogP contribution in [0.5, 0.6) is 5.75 Å². The van der Waals surface area contributed by atoms with Crippen molar-refractivity contribution < 1.29 is 42.9 Å². The lowest BCUT2D eigenvalue weighted by Crippen LogP contribution is -2.60. The monoisotopic (exact) mass is 461 g/mol. The second kappa shape index (κ2) is 9.28. The first-order valence-corrected chi connectivity index (χ1v) is 10.4. The van der Waals surface area contributed by atoms with Crippen molar-refractivity contribution in [3.63, 3.8) is 0 Å². The maximum atomic E-state index is 11.6. The van der Waals surface area contributed by atoms with Gasteiger partial charge in [0.05, 0.1) is 22.3 Å². The number of nitrogens with zero attached hydrogens (tertiary/aromatic N) is 1. The zero-order chi connectivity index (χ0) is 21.2. The van der Waals surface area contributed by atoms with Crippen LogP contribution >= 0.6 is 23.2 Å². The predicted molar refractivity (Wildman–Crippen MR) is 100 cm³/mol. The molecular formula is C15H21Cl2NO9S. The van der Waals surface area contributed by atoms with E-state index in [1.165, 1.54) is 12.1 Å². The summed E-state index contributed by atoms with van der Waals surface area (Å²) in [7, 11) is -4.56. The van der Waals surface area contributed by atoms with Gasteiger partial charge in [0, 0.05) is 6.54 Å². The van der Waals surface area contributed by atoms with Crippen LogP contribution in [0.25, 0.3) is 0 Å². The second-order valence-electron chi connectivity index (χ2n) is 6.10. The van der Waals surface area contributed by atoms with Gasteiger partial charge in [-0.05, 0) is 18.6 Å². The van der Waals surface area contributed by atoms with Crippen LogP contribution in [0.2, 0.25) is 10.0 Å². The highest BCUT2D eigenvalue weighted by Crippen LogP contribution is 2.39. The number of halogens is 2. The minimum Gasteiger partial charge on any atom is -0.459 e. The lowest BCUT2D eigenvalue weighted by molar-refractivity contribution is -0.277. The number of aliphatic hydroxyl groups excluding tert-OH is 4. The van der Waals surface area contributed by atoms with Crippen LogP contribution < -0.4 is 9.04 Å². The summed E-state index contributed by atoms with van der Waals surface area (Å²) < 4.78 is 43.8. The summed E-state index contributed by atoms with van der Waals surface area (Å²) in [6.07, 6.45) is -7.22. The van der Waals surface area contributed by atoms with Crippen LogP contribution in [0, 0.1) is 0 Å². The van der Waals surface area contributed by atoms with Gasteiger partial charge >= 0.3 is 10.3 Å². The van der Waals surface area contributed by atoms with Crippen molar-refractivity contribution in [1.82, 2.24) is 0 Å². The molecule has 5 atom stereocenters. The third-order valence-electron chi connectivity index (χ3n) is 4.06. The maximum Gasteiger partial charge on any atom is 0.359 e. The van der Waals surface area contributed by atoms with Crippen molar-refractivity contribution in [1.29, 1.82) is 0 Å². The van der Waals surface area contributed by atoms with E-state index in [1.54, 1.807) is 6.92 Å². The first-order chi connectivity index (χ1) is 13.0. The van der Waals surface area contributed by atoms with Gasteiger partial charge in [-0.2, -0.15) is 8.42 Å². The minimum atomic E-state index is -4.56. The van der Waals surface area contributed by atoms with Gasteiger partial charge in [0.25, 0.3) is 0 Å². The van der Waals surface area contributed by atoms with E-state index in [4.69, 9.17) is 32.7 Å². The quantitative estimate of drug-likeness (QED) is 0.357. The Morgan fingerprint density at radius 3 is 2.18 bits per heavy atom. The number of hydrogen-bond donors (Lipinski definition) is 5. The summed E-state index contributed by atoms with van der Waals surface area (Å²) >= 11 is 12.2. The molecule has 13 heteroatoms. The fraction of sp³-hybridized carbons (Fsp3) is 0.600. The lowest BCUT2D eigenvalue weighted by Gasteiger charge is -2.39. The van der Waals surface area contributed by atoms with Crippen LogP contribution in [0.1, 0.15) is 13.3 Å². The number of hydrogen-bond acceptors (Lipinski definition) is 8. The fourth-order valence-corrected chi connectivity index (χ4v) is 4.01. The van der Waals surface area contributed by atoms with Gasteiger partial charge in [-0.15, -0.1) is 0 Å². The molecule has 2 rings (SSSR count). The van der Waals surface area contributed by atoms with Gasteiger partial charge in [0.15, 0.2) is 5.75 Å². The van der Waals surface area contributed by atoms with Crippen LogP contribution in [0.4, 0.5) is 5.69 Å². The molecule has 1 fully saturated rings. The molecule has 1 saturated heterocycles. The van der Waals surface area contributed by atoms with Crippen molar-refractivity contribution >= 4 is 39.2 Å². The van der Waals surface area contributed by atoms with E-state index in [0.29, 0.717) is 10.7 Å². The molecule has 0 unspecified atom stereocenters. The van der Waals surface area contributed by atoms with Gasteiger partial charge in [0.2, 0.25) is 6.29 Å². The van der Waals surface area contributed by atoms with Crippen LogP contribution in [0.3, 0.4) is 0 Å². The predicted octanol–water partition coefficient (Wildman–Crippen LogP) is 0.191. The molecule has 0 bridgehead atoms. The largest absolute Gasteiger partial charge is 0.459 e. The fourth-order valence-electron chi connectivity index (χ4n) is 2.66. The first kappa shape index (κ1) is 23.4. The Morgan fingerprint density at radius 1 is 1.14 bits per heavy atom. The molecular weight excluding hydrogens is 441 g/mol. The lowest BCUT2D eigenvalue weighted by atomic mass is 9.99. The Morgan fingerprint density at radius 2 is 1.71 bits per heavy atom. The van der Waals surface area contributed by atoms with Crippen molar-refractivity contribution in [3.8, 4) is 5.75 Å². The Hall–Kier alpha value is -0.890. The summed E-state index contributed by atoms with van der Waals surface area (Å²) in [5, 5.41) is 38.5. The maximum absolute atomic E-state index is 11.6. The molecule has 5 N–H and O–H groups in total. The van der Waals surface area contributed by atoms with Crippen LogP contribution in [-0.2, 0) is 15.0 Å². The molecule has 0 amide bonds. The van der Waals surface area contributed by atoms with Gasteiger partial charge in [-0.1, -0.05) is 30.1 Å². The Kier molecular flexibility index (Phi) is 7.76. The molecule has 0 spiro atoms. The molecule has 1 heterocycles. The Labute approximate surface area is 171 Å². The summed E-state index contributed by atoms with van der Waals surface area (Å²) in [6, 6.07) is 2.35. The molecule has 0 radical (unpaired) electrons. The normalized spacial score (nSPS) is 28.2. The molecule has 1 aromatic carbocycles. The first-order valence-electron chi connectivity index (χ1n) is 8.22. The van der Waals surface area contributed by atoms with Crippen molar-refractivity contribution in [2.24, 2.45) is 0 Å². The molecule has 160 valence electrons. The van der Waals surface area contributed by atoms with Gasteiger partial charge in [0.1, 0.15) is 24.4 Å². The number of rotatable bonds is 7. The van der Waals surface area contributed by atoms with E-state index >= 15 is 0 Å². The topological polar surface area (TPSA) is 157 Å². The molecule has 0 saturated carbocycles. The van der Waals surface area contributed by atoms with Crippen molar-refractivity contribution in [2.75, 3.05) is 17.5 Å². The van der Waals surface area contributed by atoms with E-state index in [2.05, 4.69) is 0 Å². The molecule has 1 aliphatic heterocycles. The van der Waals surface area contributed by atoms with Crippen LogP contribution in [-0.4, -0.2) is 77.3 Å². The second-order valence-corrected chi connectivity index (χ2v) is 8.25. The third-order valence-corrected chi connectivity index (χ3v) is 5.57. The molecule has 0 aromatic heterocycles. The van der Waals surface area contributed by atoms with Gasteiger partial charge < -0.3 is 29.9 Å². The van der Waals surface area contributed by atoms with Crippen LogP contribution in [0.15, 0.2) is 12.1 Å². The SMILES string of the molecule is CCCN(c1cc(Cl)c(O[C@@H]2O[C@H](CO)[C@H](O)[C@H](O)[C@H]2O)c(Cl)c1)S(=O)(=O)O. The Balaban J connectivity index is 2.32. The number of anilines is 1. The average Bonchev–Trinajstić information content (AvgIpc) is 2.61. The average molecular weight is 462 g/mol. The highest BCUT2D eigenvalue weighted by Gasteiger charge is 2.45. The number of aliphatic hydroxyl groups is 4. The summed E-state index contributed by atoms with van der Waals surface area (Å²) in [6.45, 7) is 1.03. The molecule has 0 aliphatic carbocycles. The smallest absolute Gasteiger partial charge is 0.359 e. The highest BCUT2D eigenvalue weighted by atomic mass is 35.5. The Bertz CT molecular complexity index is 769. The van der Waals surface area contributed by atoms with E-state index in [0.717, 1.165) is 0 Å². The van der Waals surface area contributed by atoms with Gasteiger partial charge in [-0.3, -0.25) is 4.55 Å². The number of ether oxygens (including phenoxy) is 2. The standard InChI is InChI=1S/C15H21Cl2NO9S/c1-2-3-18(28(23,24)25)7-4-8(16)14(9(17)5-7)27-15-13(22)12(21)11(20)10(6-19)26-15/h4-5,10-13,15,19-22H,2-3,6H2,1H3,(H,23,24,25)/t10-,11+,12+,13-,15+/m1/s1. The highest BCUT2D eigenvalue weighted by molar-refractivity contribution is 7.87. The summed E-state index contributed by atoms with van der Waals surface area (Å²) in [5.41, 5.74) is -0.0134. The third kappa shape index (κ3) is 4.99.